The quantitative estimate of drug-likeness (QED) is 0.855. The van der Waals surface area contributed by atoms with Gasteiger partial charge in [0.15, 0.2) is 0 Å². The van der Waals surface area contributed by atoms with Crippen molar-refractivity contribution in [2.24, 2.45) is 23.2 Å². The molecule has 5 rings (SSSR count). The fourth-order valence-corrected chi connectivity index (χ4v) is 5.79. The van der Waals surface area contributed by atoms with Crippen molar-refractivity contribution in [3.63, 3.8) is 0 Å². The van der Waals surface area contributed by atoms with Crippen LogP contribution in [0.1, 0.15) is 54.4 Å². The lowest BCUT2D eigenvalue weighted by Crippen LogP contribution is -2.51. The van der Waals surface area contributed by atoms with Crippen molar-refractivity contribution >= 4 is 17.6 Å². The summed E-state index contributed by atoms with van der Waals surface area (Å²) in [6.07, 6.45) is 6.86. The number of hydrogen-bond donors (Lipinski definition) is 2. The van der Waals surface area contributed by atoms with E-state index in [1.807, 2.05) is 6.07 Å². The van der Waals surface area contributed by atoms with E-state index in [1.165, 1.54) is 19.3 Å². The van der Waals surface area contributed by atoms with Gasteiger partial charge in [0.1, 0.15) is 0 Å². The van der Waals surface area contributed by atoms with Gasteiger partial charge in [-0.2, -0.15) is 0 Å². The van der Waals surface area contributed by atoms with Gasteiger partial charge >= 0.3 is 5.97 Å². The molecule has 0 aromatic heterocycles. The molecule has 0 atom stereocenters. The summed E-state index contributed by atoms with van der Waals surface area (Å²) in [5.74, 6) is 1.19. The van der Waals surface area contributed by atoms with Crippen LogP contribution >= 0.6 is 0 Å². The van der Waals surface area contributed by atoms with E-state index in [0.29, 0.717) is 30.0 Å². The Balaban J connectivity index is 1.57. The van der Waals surface area contributed by atoms with Gasteiger partial charge in [0.25, 0.3) is 0 Å². The number of carbonyl (C=O) groups excluding carboxylic acids is 1. The summed E-state index contributed by atoms with van der Waals surface area (Å²) in [6.45, 7) is 0.321. The van der Waals surface area contributed by atoms with Crippen LogP contribution in [-0.2, 0) is 16.1 Å². The summed E-state index contributed by atoms with van der Waals surface area (Å²) >= 11 is 0. The lowest BCUT2D eigenvalue weighted by Gasteiger charge is -2.55. The zero-order valence-electron chi connectivity index (χ0n) is 14.6. The molecule has 0 saturated heterocycles. The van der Waals surface area contributed by atoms with E-state index in [4.69, 9.17) is 4.74 Å². The number of ether oxygens (including phenoxy) is 1. The average molecular weight is 343 g/mol. The van der Waals surface area contributed by atoms with Crippen LogP contribution in [0, 0.1) is 23.2 Å². The molecule has 4 saturated carbocycles. The predicted molar refractivity (Wildman–Crippen MR) is 93.3 cm³/mol. The van der Waals surface area contributed by atoms with Gasteiger partial charge < -0.3 is 15.2 Å². The molecule has 5 nitrogen and oxygen atoms in total. The lowest BCUT2D eigenvalue weighted by molar-refractivity contribution is -0.140. The second kappa shape index (κ2) is 6.13. The molecule has 4 aliphatic rings. The summed E-state index contributed by atoms with van der Waals surface area (Å²) < 4.78 is 5.12. The Labute approximate surface area is 147 Å². The zero-order valence-corrected chi connectivity index (χ0v) is 14.6. The van der Waals surface area contributed by atoms with Gasteiger partial charge in [0.2, 0.25) is 5.91 Å². The molecule has 134 valence electrons. The maximum atomic E-state index is 13.1. The molecule has 2 N–H and O–H groups in total. The second-order valence-electron chi connectivity index (χ2n) is 8.31. The van der Waals surface area contributed by atoms with E-state index in [9.17, 15) is 14.7 Å². The topological polar surface area (TPSA) is 75.6 Å². The summed E-state index contributed by atoms with van der Waals surface area (Å²) in [4.78, 5) is 24.5. The van der Waals surface area contributed by atoms with Gasteiger partial charge in [0, 0.05) is 12.8 Å². The van der Waals surface area contributed by atoms with E-state index >= 15 is 0 Å². The van der Waals surface area contributed by atoms with Crippen molar-refractivity contribution in [3.05, 3.63) is 29.3 Å². The van der Waals surface area contributed by atoms with Crippen molar-refractivity contribution in [1.82, 2.24) is 0 Å². The van der Waals surface area contributed by atoms with Crippen LogP contribution in [0.4, 0.5) is 5.69 Å². The third-order valence-corrected chi connectivity index (χ3v) is 6.33. The number of benzene rings is 1. The number of anilines is 1. The van der Waals surface area contributed by atoms with Crippen LogP contribution in [0.5, 0.6) is 0 Å². The van der Waals surface area contributed by atoms with Gasteiger partial charge in [-0.1, -0.05) is 0 Å². The zero-order chi connectivity index (χ0) is 17.6. The number of carbonyl (C=O) groups is 2. The molecule has 0 spiro atoms. The molecule has 1 aromatic carbocycles. The van der Waals surface area contributed by atoms with E-state index < -0.39 is 5.97 Å². The van der Waals surface area contributed by atoms with Crippen molar-refractivity contribution in [1.29, 1.82) is 0 Å². The first kappa shape index (κ1) is 16.6. The third kappa shape index (κ3) is 3.06. The second-order valence-corrected chi connectivity index (χ2v) is 8.31. The molecular formula is C20H25NO4. The number of nitrogens with one attached hydrogen (secondary N) is 1. The molecule has 0 aliphatic heterocycles. The third-order valence-electron chi connectivity index (χ3n) is 6.33. The predicted octanol–water partition coefficient (Wildman–Crippen LogP) is 3.69. The molecule has 4 fully saturated rings. The Bertz CT molecular complexity index is 676. The van der Waals surface area contributed by atoms with Crippen molar-refractivity contribution < 1.29 is 19.4 Å². The number of carboxylic acids is 1. The van der Waals surface area contributed by atoms with E-state index in [-0.39, 0.29) is 16.9 Å². The molecule has 4 aliphatic carbocycles. The number of carboxylic acid groups (broad SMARTS) is 1. The Hall–Kier alpha value is -1.88. The Morgan fingerprint density at radius 3 is 2.24 bits per heavy atom. The summed E-state index contributed by atoms with van der Waals surface area (Å²) in [5.41, 5.74) is 1.25. The minimum atomic E-state index is -0.997. The summed E-state index contributed by atoms with van der Waals surface area (Å²) in [5, 5.41) is 12.3. The van der Waals surface area contributed by atoms with Crippen molar-refractivity contribution in [3.8, 4) is 0 Å². The SMILES string of the molecule is COCc1cc(NC(=O)C23CC4CC(CC(C4)C2)C3)cc(C(=O)O)c1. The monoisotopic (exact) mass is 343 g/mol. The standard InChI is InChI=1S/C20H25NO4/c1-25-11-15-5-16(18(22)23)7-17(6-15)21-19(24)20-8-12-2-13(9-20)4-14(3-12)10-20/h5-7,12-14H,2-4,8-11H2,1H3,(H,21,24)(H,22,23). The lowest BCUT2D eigenvalue weighted by atomic mass is 9.49. The highest BCUT2D eigenvalue weighted by atomic mass is 16.5. The van der Waals surface area contributed by atoms with Crippen LogP contribution in [0.3, 0.4) is 0 Å². The number of methoxy groups -OCH3 is 1. The van der Waals surface area contributed by atoms with Crippen LogP contribution < -0.4 is 5.32 Å². The van der Waals surface area contributed by atoms with E-state index in [0.717, 1.165) is 24.8 Å². The molecule has 1 aromatic rings. The maximum Gasteiger partial charge on any atom is 0.335 e. The molecule has 1 amide bonds. The molecular weight excluding hydrogens is 318 g/mol. The van der Waals surface area contributed by atoms with Crippen molar-refractivity contribution in [2.75, 3.05) is 12.4 Å². The van der Waals surface area contributed by atoms with Gasteiger partial charge in [0.05, 0.1) is 17.6 Å². The molecule has 0 unspecified atom stereocenters. The number of hydrogen-bond acceptors (Lipinski definition) is 3. The normalized spacial score (nSPS) is 32.6. The van der Waals surface area contributed by atoms with Crippen LogP contribution in [0.2, 0.25) is 0 Å². The van der Waals surface area contributed by atoms with Gasteiger partial charge in [-0.05, 0) is 80.0 Å². The van der Waals surface area contributed by atoms with Gasteiger partial charge in [-0.3, -0.25) is 4.79 Å². The Morgan fingerprint density at radius 2 is 1.72 bits per heavy atom. The number of rotatable bonds is 5. The number of amides is 1. The maximum absolute atomic E-state index is 13.1. The molecule has 0 radical (unpaired) electrons. The van der Waals surface area contributed by atoms with E-state index in [2.05, 4.69) is 5.32 Å². The van der Waals surface area contributed by atoms with Crippen molar-refractivity contribution in [2.45, 2.75) is 45.1 Å². The number of aromatic carboxylic acids is 1. The highest BCUT2D eigenvalue weighted by molar-refractivity contribution is 5.97. The summed E-state index contributed by atoms with van der Waals surface area (Å²) in [6, 6.07) is 4.94. The summed E-state index contributed by atoms with van der Waals surface area (Å²) in [7, 11) is 1.57. The highest BCUT2D eigenvalue weighted by Crippen LogP contribution is 2.60. The molecule has 4 bridgehead atoms. The van der Waals surface area contributed by atoms with Gasteiger partial charge in [-0.15, -0.1) is 0 Å². The average Bonchev–Trinajstić information content (AvgIpc) is 2.53. The first-order chi connectivity index (χ1) is 12.0. The van der Waals surface area contributed by atoms with Crippen LogP contribution in [0.15, 0.2) is 18.2 Å². The molecule has 0 heterocycles. The fourth-order valence-electron chi connectivity index (χ4n) is 5.79. The smallest absolute Gasteiger partial charge is 0.335 e. The van der Waals surface area contributed by atoms with Crippen LogP contribution in [-0.4, -0.2) is 24.1 Å². The highest BCUT2D eigenvalue weighted by Gasteiger charge is 2.54. The van der Waals surface area contributed by atoms with Crippen LogP contribution in [0.25, 0.3) is 0 Å². The molecule has 5 heteroatoms. The minimum Gasteiger partial charge on any atom is -0.478 e. The first-order valence-corrected chi connectivity index (χ1v) is 9.15. The van der Waals surface area contributed by atoms with Gasteiger partial charge in [-0.25, -0.2) is 4.79 Å². The van der Waals surface area contributed by atoms with E-state index in [1.54, 1.807) is 19.2 Å². The fraction of sp³-hybridized carbons (Fsp3) is 0.600. The minimum absolute atomic E-state index is 0.0810. The Kier molecular flexibility index (Phi) is 4.07. The first-order valence-electron chi connectivity index (χ1n) is 9.15. The largest absolute Gasteiger partial charge is 0.478 e. The Morgan fingerprint density at radius 1 is 1.12 bits per heavy atom. The molecule has 25 heavy (non-hydrogen) atoms.